The van der Waals surface area contributed by atoms with Crippen molar-refractivity contribution in [3.63, 3.8) is 0 Å². The van der Waals surface area contributed by atoms with Crippen molar-refractivity contribution >= 4 is 44.7 Å². The molecule has 3 aromatic carbocycles. The van der Waals surface area contributed by atoms with Gasteiger partial charge in [0.05, 0.1) is 26.4 Å². The maximum absolute atomic E-state index is 12.4. The van der Waals surface area contributed by atoms with Gasteiger partial charge in [0, 0.05) is 5.69 Å². The quantitative estimate of drug-likeness (QED) is 0.456. The van der Waals surface area contributed by atoms with E-state index in [1.165, 1.54) is 11.3 Å². The Morgan fingerprint density at radius 1 is 1.04 bits per heavy atom. The summed E-state index contributed by atoms with van der Waals surface area (Å²) in [5.74, 6) is -0.198. The Morgan fingerprint density at radius 2 is 1.81 bits per heavy atom. The number of fused-ring (bicyclic) bond motifs is 1. The Balaban J connectivity index is 1.68. The second-order valence-electron chi connectivity index (χ2n) is 5.65. The molecule has 4 nitrogen and oxygen atoms in total. The molecule has 4 aromatic rings. The van der Waals surface area contributed by atoms with Crippen LogP contribution >= 0.6 is 22.9 Å². The fourth-order valence-electron chi connectivity index (χ4n) is 2.62. The zero-order valence-corrected chi connectivity index (χ0v) is 15.0. The van der Waals surface area contributed by atoms with Crippen molar-refractivity contribution < 1.29 is 9.90 Å². The number of aromatic nitrogens is 1. The Kier molecular flexibility index (Phi) is 4.32. The van der Waals surface area contributed by atoms with Gasteiger partial charge in [0.15, 0.2) is 0 Å². The molecule has 0 atom stereocenters. The number of phenols is 1. The highest BCUT2D eigenvalue weighted by Crippen LogP contribution is 2.36. The first-order valence-electron chi connectivity index (χ1n) is 7.86. The molecular weight excluding hydrogens is 368 g/mol. The van der Waals surface area contributed by atoms with Crippen LogP contribution in [-0.2, 0) is 0 Å². The highest BCUT2D eigenvalue weighted by molar-refractivity contribution is 7.21. The minimum Gasteiger partial charge on any atom is -0.507 e. The van der Waals surface area contributed by atoms with Gasteiger partial charge in [-0.05, 0) is 42.5 Å². The molecule has 0 unspecified atom stereocenters. The molecule has 1 amide bonds. The van der Waals surface area contributed by atoms with Crippen LogP contribution in [-0.4, -0.2) is 16.0 Å². The lowest BCUT2D eigenvalue weighted by Gasteiger charge is -2.09. The highest BCUT2D eigenvalue weighted by atomic mass is 35.5. The number of hydrogen-bond donors (Lipinski definition) is 2. The molecule has 0 aliphatic heterocycles. The number of thiazole rings is 1. The van der Waals surface area contributed by atoms with Gasteiger partial charge in [-0.2, -0.15) is 0 Å². The van der Waals surface area contributed by atoms with Crippen molar-refractivity contribution in [1.82, 2.24) is 4.98 Å². The first-order chi connectivity index (χ1) is 12.6. The SMILES string of the molecule is O=C(Nc1ccc(O)c(-c2nc3ccccc3s2)c1)c1ccccc1Cl. The van der Waals surface area contributed by atoms with Crippen LogP contribution in [0.5, 0.6) is 5.75 Å². The molecule has 0 aliphatic rings. The van der Waals surface area contributed by atoms with E-state index in [-0.39, 0.29) is 11.7 Å². The number of anilines is 1. The van der Waals surface area contributed by atoms with Crippen molar-refractivity contribution in [2.75, 3.05) is 5.32 Å². The Morgan fingerprint density at radius 3 is 2.62 bits per heavy atom. The molecule has 0 aliphatic carbocycles. The molecule has 1 heterocycles. The molecular formula is C20H13ClN2O2S. The smallest absolute Gasteiger partial charge is 0.257 e. The Bertz CT molecular complexity index is 1090. The van der Waals surface area contributed by atoms with Crippen LogP contribution in [0.4, 0.5) is 5.69 Å². The van der Waals surface area contributed by atoms with Crippen LogP contribution in [0, 0.1) is 0 Å². The number of amides is 1. The van der Waals surface area contributed by atoms with Crippen molar-refractivity contribution in [1.29, 1.82) is 0 Å². The van der Waals surface area contributed by atoms with Crippen molar-refractivity contribution in [3.8, 4) is 16.3 Å². The number of nitrogens with zero attached hydrogens (tertiary/aromatic N) is 1. The second-order valence-corrected chi connectivity index (χ2v) is 7.09. The van der Waals surface area contributed by atoms with Gasteiger partial charge >= 0.3 is 0 Å². The number of aromatic hydroxyl groups is 1. The van der Waals surface area contributed by atoms with Crippen molar-refractivity contribution in [2.45, 2.75) is 0 Å². The van der Waals surface area contributed by atoms with Crippen LogP contribution in [0.25, 0.3) is 20.8 Å². The molecule has 6 heteroatoms. The number of halogens is 1. The summed E-state index contributed by atoms with van der Waals surface area (Å²) in [6.45, 7) is 0. The Labute approximate surface area is 158 Å². The first kappa shape index (κ1) is 16.6. The molecule has 0 saturated carbocycles. The van der Waals surface area contributed by atoms with Crippen LogP contribution in [0.2, 0.25) is 5.02 Å². The summed E-state index contributed by atoms with van der Waals surface area (Å²) in [5.41, 5.74) is 2.39. The van der Waals surface area contributed by atoms with Gasteiger partial charge in [0.2, 0.25) is 0 Å². The van der Waals surface area contributed by atoms with Gasteiger partial charge in [-0.3, -0.25) is 4.79 Å². The fraction of sp³-hybridized carbons (Fsp3) is 0. The van der Waals surface area contributed by atoms with Crippen LogP contribution in [0.3, 0.4) is 0 Å². The van der Waals surface area contributed by atoms with E-state index < -0.39 is 0 Å². The van der Waals surface area contributed by atoms with Gasteiger partial charge in [0.25, 0.3) is 5.91 Å². The van der Waals surface area contributed by atoms with E-state index in [0.29, 0.717) is 26.8 Å². The number of carbonyl (C=O) groups excluding carboxylic acids is 1. The number of para-hydroxylation sites is 1. The predicted octanol–water partition coefficient (Wildman–Crippen LogP) is 5.57. The molecule has 0 radical (unpaired) electrons. The summed E-state index contributed by atoms with van der Waals surface area (Å²) in [6.07, 6.45) is 0. The monoisotopic (exact) mass is 380 g/mol. The molecule has 0 bridgehead atoms. The first-order valence-corrected chi connectivity index (χ1v) is 9.06. The largest absolute Gasteiger partial charge is 0.507 e. The maximum Gasteiger partial charge on any atom is 0.257 e. The molecule has 0 fully saturated rings. The summed E-state index contributed by atoms with van der Waals surface area (Å²) in [4.78, 5) is 17.0. The molecule has 26 heavy (non-hydrogen) atoms. The van der Waals surface area contributed by atoms with E-state index in [1.54, 1.807) is 42.5 Å². The fourth-order valence-corrected chi connectivity index (χ4v) is 3.83. The summed E-state index contributed by atoms with van der Waals surface area (Å²) >= 11 is 7.56. The third-order valence-electron chi connectivity index (χ3n) is 3.90. The number of nitrogens with one attached hydrogen (secondary N) is 1. The zero-order chi connectivity index (χ0) is 18.1. The normalized spacial score (nSPS) is 10.8. The minimum absolute atomic E-state index is 0.111. The van der Waals surface area contributed by atoms with Crippen LogP contribution in [0.15, 0.2) is 66.7 Å². The van der Waals surface area contributed by atoms with E-state index in [4.69, 9.17) is 11.6 Å². The van der Waals surface area contributed by atoms with Crippen molar-refractivity contribution in [2.24, 2.45) is 0 Å². The summed E-state index contributed by atoms with van der Waals surface area (Å²) in [5, 5.41) is 14.1. The minimum atomic E-state index is -0.309. The number of rotatable bonds is 3. The molecule has 1 aromatic heterocycles. The van der Waals surface area contributed by atoms with Crippen LogP contribution < -0.4 is 5.32 Å². The van der Waals surface area contributed by atoms with Crippen LogP contribution in [0.1, 0.15) is 10.4 Å². The van der Waals surface area contributed by atoms with Gasteiger partial charge < -0.3 is 10.4 Å². The van der Waals surface area contributed by atoms with E-state index in [9.17, 15) is 9.90 Å². The molecule has 2 N–H and O–H groups in total. The molecule has 128 valence electrons. The van der Waals surface area contributed by atoms with E-state index in [2.05, 4.69) is 10.3 Å². The third kappa shape index (κ3) is 3.14. The lowest BCUT2D eigenvalue weighted by atomic mass is 10.1. The van der Waals surface area contributed by atoms with Gasteiger partial charge in [-0.25, -0.2) is 4.98 Å². The van der Waals surface area contributed by atoms with Gasteiger partial charge in [0.1, 0.15) is 10.8 Å². The topological polar surface area (TPSA) is 62.2 Å². The number of hydrogen-bond acceptors (Lipinski definition) is 4. The van der Waals surface area contributed by atoms with E-state index in [0.717, 1.165) is 10.2 Å². The van der Waals surface area contributed by atoms with Gasteiger partial charge in [-0.1, -0.05) is 35.9 Å². The number of carbonyl (C=O) groups is 1. The Hall–Kier alpha value is -2.89. The lowest BCUT2D eigenvalue weighted by Crippen LogP contribution is -2.12. The highest BCUT2D eigenvalue weighted by Gasteiger charge is 2.14. The average molecular weight is 381 g/mol. The summed E-state index contributed by atoms with van der Waals surface area (Å²) in [7, 11) is 0. The summed E-state index contributed by atoms with van der Waals surface area (Å²) in [6, 6.07) is 19.5. The molecule has 4 rings (SSSR count). The third-order valence-corrected chi connectivity index (χ3v) is 5.30. The van der Waals surface area contributed by atoms with E-state index in [1.807, 2.05) is 24.3 Å². The number of benzene rings is 3. The van der Waals surface area contributed by atoms with E-state index >= 15 is 0 Å². The second kappa shape index (κ2) is 6.78. The zero-order valence-electron chi connectivity index (χ0n) is 13.4. The standard InChI is InChI=1S/C20H13ClN2O2S/c21-15-6-2-1-5-13(15)19(25)22-12-9-10-17(24)14(11-12)20-23-16-7-3-4-8-18(16)26-20/h1-11,24H,(H,22,25). The van der Waals surface area contributed by atoms with Gasteiger partial charge in [-0.15, -0.1) is 11.3 Å². The lowest BCUT2D eigenvalue weighted by molar-refractivity contribution is 0.102. The summed E-state index contributed by atoms with van der Waals surface area (Å²) < 4.78 is 1.03. The molecule has 0 spiro atoms. The predicted molar refractivity (Wildman–Crippen MR) is 106 cm³/mol. The average Bonchev–Trinajstić information content (AvgIpc) is 3.07. The van der Waals surface area contributed by atoms with Crippen molar-refractivity contribution in [3.05, 3.63) is 77.3 Å². The number of phenolic OH excluding ortho intramolecular Hbond substituents is 1. The molecule has 0 saturated heterocycles. The maximum atomic E-state index is 12.4.